The summed E-state index contributed by atoms with van der Waals surface area (Å²) in [5.74, 6) is -1.34. The molecular weight excluding hydrogens is 180 g/mol. The summed E-state index contributed by atoms with van der Waals surface area (Å²) < 4.78 is 4.47. The predicted molar refractivity (Wildman–Crippen MR) is 52.5 cm³/mol. The summed E-state index contributed by atoms with van der Waals surface area (Å²) in [6.45, 7) is 5.70. The molecule has 0 radical (unpaired) electrons. The van der Waals surface area contributed by atoms with Gasteiger partial charge in [-0.05, 0) is 6.42 Å². The first-order valence-electron chi connectivity index (χ1n) is 5.11. The molecule has 0 aromatic rings. The van der Waals surface area contributed by atoms with Gasteiger partial charge in [0.05, 0.1) is 5.92 Å². The van der Waals surface area contributed by atoms with Gasteiger partial charge < -0.3 is 4.74 Å². The highest BCUT2D eigenvalue weighted by molar-refractivity contribution is 6.06. The third-order valence-electron chi connectivity index (χ3n) is 2.51. The Kier molecular flexibility index (Phi) is 3.86. The van der Waals surface area contributed by atoms with Gasteiger partial charge in [0.15, 0.2) is 0 Å². The predicted octanol–water partition coefficient (Wildman–Crippen LogP) is 2.21. The molecule has 1 saturated heterocycles. The molecule has 1 aliphatic rings. The summed E-state index contributed by atoms with van der Waals surface area (Å²) in [7, 11) is 0. The third-order valence-corrected chi connectivity index (χ3v) is 2.51. The molecule has 1 heterocycles. The summed E-state index contributed by atoms with van der Waals surface area (Å²) >= 11 is 0. The van der Waals surface area contributed by atoms with E-state index in [1.807, 2.05) is 0 Å². The van der Waals surface area contributed by atoms with Gasteiger partial charge in [0.25, 0.3) is 0 Å². The maximum atomic E-state index is 11.2. The standard InChI is InChI=1S/C11H16O3/c1-3-4-5-6-7-9-8(2)10(12)14-11(9)13/h9H,2-7H2,1H3. The van der Waals surface area contributed by atoms with Crippen molar-refractivity contribution in [2.45, 2.75) is 39.0 Å². The molecule has 0 N–H and O–H groups in total. The Hall–Kier alpha value is -1.12. The van der Waals surface area contributed by atoms with Crippen molar-refractivity contribution in [2.75, 3.05) is 0 Å². The van der Waals surface area contributed by atoms with Crippen LogP contribution < -0.4 is 0 Å². The van der Waals surface area contributed by atoms with Crippen molar-refractivity contribution < 1.29 is 14.3 Å². The van der Waals surface area contributed by atoms with Gasteiger partial charge in [-0.15, -0.1) is 0 Å². The molecule has 3 nitrogen and oxygen atoms in total. The molecule has 0 amide bonds. The lowest BCUT2D eigenvalue weighted by Gasteiger charge is -2.04. The van der Waals surface area contributed by atoms with E-state index in [1.54, 1.807) is 0 Å². The van der Waals surface area contributed by atoms with Gasteiger partial charge in [0.1, 0.15) is 0 Å². The number of hydrogen-bond acceptors (Lipinski definition) is 3. The van der Waals surface area contributed by atoms with Crippen LogP contribution in [0.3, 0.4) is 0 Å². The number of carbonyl (C=O) groups excluding carboxylic acids is 2. The average Bonchev–Trinajstić information content (AvgIpc) is 2.38. The fraction of sp³-hybridized carbons (Fsp3) is 0.636. The van der Waals surface area contributed by atoms with Crippen LogP contribution in [-0.2, 0) is 14.3 Å². The zero-order valence-corrected chi connectivity index (χ0v) is 8.54. The number of carbonyl (C=O) groups is 2. The van der Waals surface area contributed by atoms with Gasteiger partial charge in [0, 0.05) is 5.57 Å². The fourth-order valence-corrected chi connectivity index (χ4v) is 1.58. The van der Waals surface area contributed by atoms with Crippen molar-refractivity contribution in [3.63, 3.8) is 0 Å². The van der Waals surface area contributed by atoms with Crippen molar-refractivity contribution in [1.82, 2.24) is 0 Å². The Bertz CT molecular complexity index is 255. The first-order chi connectivity index (χ1) is 6.66. The van der Waals surface area contributed by atoms with Crippen LogP contribution in [-0.4, -0.2) is 11.9 Å². The van der Waals surface area contributed by atoms with E-state index in [0.717, 1.165) is 19.3 Å². The highest BCUT2D eigenvalue weighted by Crippen LogP contribution is 2.26. The molecule has 78 valence electrons. The summed E-state index contributed by atoms with van der Waals surface area (Å²) in [5.41, 5.74) is 0.325. The van der Waals surface area contributed by atoms with Crippen LogP contribution in [0.1, 0.15) is 39.0 Å². The monoisotopic (exact) mass is 196 g/mol. The van der Waals surface area contributed by atoms with Crippen LogP contribution in [0, 0.1) is 5.92 Å². The van der Waals surface area contributed by atoms with Crippen molar-refractivity contribution in [3.8, 4) is 0 Å². The van der Waals surface area contributed by atoms with E-state index >= 15 is 0 Å². The quantitative estimate of drug-likeness (QED) is 0.293. The van der Waals surface area contributed by atoms with Gasteiger partial charge in [0.2, 0.25) is 0 Å². The number of esters is 2. The highest BCUT2D eigenvalue weighted by Gasteiger charge is 2.36. The number of cyclic esters (lactones) is 2. The first-order valence-corrected chi connectivity index (χ1v) is 5.11. The summed E-state index contributed by atoms with van der Waals surface area (Å²) in [4.78, 5) is 22.1. The van der Waals surface area contributed by atoms with E-state index in [2.05, 4.69) is 18.2 Å². The first kappa shape index (κ1) is 11.0. The van der Waals surface area contributed by atoms with Crippen molar-refractivity contribution in [3.05, 3.63) is 12.2 Å². The van der Waals surface area contributed by atoms with Crippen LogP contribution >= 0.6 is 0 Å². The summed E-state index contributed by atoms with van der Waals surface area (Å²) in [6.07, 6.45) is 5.09. The van der Waals surface area contributed by atoms with E-state index in [4.69, 9.17) is 0 Å². The van der Waals surface area contributed by atoms with Crippen LogP contribution in [0.5, 0.6) is 0 Å². The lowest BCUT2D eigenvalue weighted by molar-refractivity contribution is -0.152. The molecule has 1 atom stereocenters. The fourth-order valence-electron chi connectivity index (χ4n) is 1.58. The molecule has 0 aliphatic carbocycles. The normalized spacial score (nSPS) is 21.5. The number of rotatable bonds is 5. The number of hydrogen-bond donors (Lipinski definition) is 0. The zero-order chi connectivity index (χ0) is 10.6. The van der Waals surface area contributed by atoms with Gasteiger partial charge >= 0.3 is 11.9 Å². The Morgan fingerprint density at radius 1 is 1.29 bits per heavy atom. The van der Waals surface area contributed by atoms with E-state index < -0.39 is 11.9 Å². The van der Waals surface area contributed by atoms with E-state index in [-0.39, 0.29) is 5.92 Å². The lowest BCUT2D eigenvalue weighted by atomic mass is 9.96. The third kappa shape index (κ3) is 2.44. The molecule has 0 aromatic carbocycles. The molecule has 1 aliphatic heterocycles. The summed E-state index contributed by atoms with van der Waals surface area (Å²) in [5, 5.41) is 0. The van der Waals surface area contributed by atoms with Gasteiger partial charge in [-0.3, -0.25) is 4.79 Å². The minimum Gasteiger partial charge on any atom is -0.389 e. The van der Waals surface area contributed by atoms with Crippen LogP contribution in [0.25, 0.3) is 0 Å². The Morgan fingerprint density at radius 2 is 2.00 bits per heavy atom. The van der Waals surface area contributed by atoms with Crippen molar-refractivity contribution in [1.29, 1.82) is 0 Å². The van der Waals surface area contributed by atoms with E-state index in [0.29, 0.717) is 12.0 Å². The number of unbranched alkanes of at least 4 members (excludes halogenated alkanes) is 3. The molecule has 3 heteroatoms. The lowest BCUT2D eigenvalue weighted by Crippen LogP contribution is -2.08. The zero-order valence-electron chi connectivity index (χ0n) is 8.54. The smallest absolute Gasteiger partial charge is 0.341 e. The maximum Gasteiger partial charge on any atom is 0.341 e. The second kappa shape index (κ2) is 4.94. The Labute approximate surface area is 84.1 Å². The molecule has 1 rings (SSSR count). The largest absolute Gasteiger partial charge is 0.389 e. The van der Waals surface area contributed by atoms with Crippen LogP contribution in [0.4, 0.5) is 0 Å². The number of ether oxygens (including phenoxy) is 1. The molecule has 0 saturated carbocycles. The van der Waals surface area contributed by atoms with Gasteiger partial charge in [-0.25, -0.2) is 4.79 Å². The van der Waals surface area contributed by atoms with Gasteiger partial charge in [-0.2, -0.15) is 0 Å². The molecule has 1 fully saturated rings. The Balaban J connectivity index is 2.33. The Morgan fingerprint density at radius 3 is 2.50 bits per heavy atom. The highest BCUT2D eigenvalue weighted by atomic mass is 16.6. The maximum absolute atomic E-state index is 11.2. The molecular formula is C11H16O3. The van der Waals surface area contributed by atoms with Gasteiger partial charge in [-0.1, -0.05) is 39.2 Å². The van der Waals surface area contributed by atoms with E-state index in [1.165, 1.54) is 6.42 Å². The topological polar surface area (TPSA) is 43.4 Å². The minimum atomic E-state index is -0.546. The molecule has 0 bridgehead atoms. The second-order valence-electron chi connectivity index (χ2n) is 3.64. The minimum absolute atomic E-state index is 0.325. The van der Waals surface area contributed by atoms with Crippen molar-refractivity contribution >= 4 is 11.9 Å². The SMILES string of the molecule is C=C1C(=O)OC(=O)C1CCCCCC. The van der Waals surface area contributed by atoms with Crippen molar-refractivity contribution in [2.24, 2.45) is 5.92 Å². The van der Waals surface area contributed by atoms with E-state index in [9.17, 15) is 9.59 Å². The molecule has 14 heavy (non-hydrogen) atoms. The molecule has 0 aromatic heterocycles. The second-order valence-corrected chi connectivity index (χ2v) is 3.64. The molecule has 0 spiro atoms. The molecule has 1 unspecified atom stereocenters. The summed E-state index contributed by atoms with van der Waals surface area (Å²) in [6, 6.07) is 0. The van der Waals surface area contributed by atoms with Crippen LogP contribution in [0.15, 0.2) is 12.2 Å². The van der Waals surface area contributed by atoms with Crippen LogP contribution in [0.2, 0.25) is 0 Å². The average molecular weight is 196 g/mol.